The number of pyridine rings is 1. The van der Waals surface area contributed by atoms with E-state index in [0.29, 0.717) is 10.8 Å². The molecule has 0 amide bonds. The van der Waals surface area contributed by atoms with Crippen molar-refractivity contribution in [3.8, 4) is 0 Å². The van der Waals surface area contributed by atoms with E-state index in [2.05, 4.69) is 17.2 Å². The van der Waals surface area contributed by atoms with Gasteiger partial charge in [-0.05, 0) is 37.6 Å². The largest absolute Gasteiger partial charge is 0.389 e. The molecule has 3 N–H and O–H groups in total. The zero-order valence-electron chi connectivity index (χ0n) is 10.4. The SMILES string of the molecule is Cc1ccc(Nc2nccc(C)c2C(N)=S)cc1. The lowest BCUT2D eigenvalue weighted by Gasteiger charge is -2.12. The Labute approximate surface area is 112 Å². The lowest BCUT2D eigenvalue weighted by atomic mass is 10.1. The number of nitrogens with zero attached hydrogens (tertiary/aromatic N) is 1. The van der Waals surface area contributed by atoms with Crippen LogP contribution in [0.25, 0.3) is 0 Å². The molecule has 2 rings (SSSR count). The summed E-state index contributed by atoms with van der Waals surface area (Å²) in [6, 6.07) is 9.98. The average molecular weight is 257 g/mol. The van der Waals surface area contributed by atoms with Gasteiger partial charge in [-0.3, -0.25) is 0 Å². The zero-order valence-corrected chi connectivity index (χ0v) is 11.2. The molecule has 0 aliphatic heterocycles. The monoisotopic (exact) mass is 257 g/mol. The maximum absolute atomic E-state index is 5.74. The van der Waals surface area contributed by atoms with Crippen molar-refractivity contribution < 1.29 is 0 Å². The lowest BCUT2D eigenvalue weighted by Crippen LogP contribution is -2.14. The molecule has 1 heterocycles. The fourth-order valence-corrected chi connectivity index (χ4v) is 2.00. The Kier molecular flexibility index (Phi) is 3.58. The Balaban J connectivity index is 2.37. The molecule has 0 saturated carbocycles. The number of nitrogens with one attached hydrogen (secondary N) is 1. The minimum absolute atomic E-state index is 0.357. The molecule has 0 spiro atoms. The molecule has 0 atom stereocenters. The van der Waals surface area contributed by atoms with E-state index in [-0.39, 0.29) is 0 Å². The third-order valence-electron chi connectivity index (χ3n) is 2.72. The number of benzene rings is 1. The summed E-state index contributed by atoms with van der Waals surface area (Å²) < 4.78 is 0. The minimum atomic E-state index is 0.357. The molecule has 0 unspecified atom stereocenters. The highest BCUT2D eigenvalue weighted by Crippen LogP contribution is 2.21. The summed E-state index contributed by atoms with van der Waals surface area (Å²) in [4.78, 5) is 4.66. The van der Waals surface area contributed by atoms with Crippen molar-refractivity contribution in [2.45, 2.75) is 13.8 Å². The van der Waals surface area contributed by atoms with E-state index in [4.69, 9.17) is 18.0 Å². The molecule has 0 fully saturated rings. The first kappa shape index (κ1) is 12.5. The van der Waals surface area contributed by atoms with Crippen LogP contribution >= 0.6 is 12.2 Å². The fraction of sp³-hybridized carbons (Fsp3) is 0.143. The summed E-state index contributed by atoms with van der Waals surface area (Å²) in [6.45, 7) is 4.02. The fourth-order valence-electron chi connectivity index (χ4n) is 1.74. The summed E-state index contributed by atoms with van der Waals surface area (Å²) in [5, 5.41) is 3.24. The molecule has 3 nitrogen and oxygen atoms in total. The van der Waals surface area contributed by atoms with Crippen LogP contribution in [0.4, 0.5) is 11.5 Å². The predicted octanol–water partition coefficient (Wildman–Crippen LogP) is 3.08. The van der Waals surface area contributed by atoms with Crippen molar-refractivity contribution in [3.63, 3.8) is 0 Å². The lowest BCUT2D eigenvalue weighted by molar-refractivity contribution is 1.26. The van der Waals surface area contributed by atoms with Crippen molar-refractivity contribution in [3.05, 3.63) is 53.2 Å². The summed E-state index contributed by atoms with van der Waals surface area (Å²) in [5.41, 5.74) is 9.75. The first-order valence-corrected chi connectivity index (χ1v) is 6.08. The molecule has 1 aromatic carbocycles. The van der Waals surface area contributed by atoms with Crippen LogP contribution in [0.1, 0.15) is 16.7 Å². The molecule has 0 aliphatic carbocycles. The van der Waals surface area contributed by atoms with Gasteiger partial charge in [-0.2, -0.15) is 0 Å². The van der Waals surface area contributed by atoms with E-state index in [1.807, 2.05) is 37.3 Å². The van der Waals surface area contributed by atoms with E-state index < -0.39 is 0 Å². The second-order valence-electron chi connectivity index (χ2n) is 4.21. The second-order valence-corrected chi connectivity index (χ2v) is 4.65. The highest BCUT2D eigenvalue weighted by Gasteiger charge is 2.09. The Morgan fingerprint density at radius 2 is 1.83 bits per heavy atom. The number of thiocarbonyl (C=S) groups is 1. The second kappa shape index (κ2) is 5.14. The van der Waals surface area contributed by atoms with Crippen LogP contribution in [0.15, 0.2) is 36.5 Å². The van der Waals surface area contributed by atoms with Crippen molar-refractivity contribution in [1.29, 1.82) is 0 Å². The predicted molar refractivity (Wildman–Crippen MR) is 79.3 cm³/mol. The Hall–Kier alpha value is -1.94. The molecule has 0 saturated heterocycles. The molecular formula is C14H15N3S. The van der Waals surface area contributed by atoms with Crippen LogP contribution in [-0.4, -0.2) is 9.97 Å². The van der Waals surface area contributed by atoms with Gasteiger partial charge in [-0.1, -0.05) is 29.9 Å². The van der Waals surface area contributed by atoms with E-state index in [0.717, 1.165) is 16.8 Å². The minimum Gasteiger partial charge on any atom is -0.389 e. The molecule has 2 aromatic rings. The van der Waals surface area contributed by atoms with Crippen molar-refractivity contribution >= 4 is 28.7 Å². The van der Waals surface area contributed by atoms with Crippen molar-refractivity contribution in [1.82, 2.24) is 4.98 Å². The standard InChI is InChI=1S/C14H15N3S/c1-9-3-5-11(6-4-9)17-14-12(13(15)18)10(2)7-8-16-14/h3-8H,1-2H3,(H2,15,18)(H,16,17). The molecule has 0 bridgehead atoms. The molecular weight excluding hydrogens is 242 g/mol. The van der Waals surface area contributed by atoms with Gasteiger partial charge in [-0.25, -0.2) is 4.98 Å². The van der Waals surface area contributed by atoms with Crippen molar-refractivity contribution in [2.75, 3.05) is 5.32 Å². The van der Waals surface area contributed by atoms with Crippen LogP contribution in [0, 0.1) is 13.8 Å². The molecule has 1 aromatic heterocycles. The summed E-state index contributed by atoms with van der Waals surface area (Å²) >= 11 is 5.07. The highest BCUT2D eigenvalue weighted by molar-refractivity contribution is 7.80. The Bertz CT molecular complexity index is 576. The number of anilines is 2. The Morgan fingerprint density at radius 3 is 2.44 bits per heavy atom. The van der Waals surface area contributed by atoms with Crippen LogP contribution in [0.3, 0.4) is 0 Å². The molecule has 4 heteroatoms. The third kappa shape index (κ3) is 2.65. The number of nitrogens with two attached hydrogens (primary N) is 1. The Morgan fingerprint density at radius 1 is 1.17 bits per heavy atom. The van der Waals surface area contributed by atoms with Gasteiger partial charge in [0.05, 0.1) is 5.56 Å². The quantitative estimate of drug-likeness (QED) is 0.830. The highest BCUT2D eigenvalue weighted by atomic mass is 32.1. The van der Waals surface area contributed by atoms with E-state index in [1.54, 1.807) is 6.20 Å². The molecule has 0 radical (unpaired) electrons. The van der Waals surface area contributed by atoms with Gasteiger partial charge in [0, 0.05) is 11.9 Å². The van der Waals surface area contributed by atoms with Gasteiger partial charge in [0.25, 0.3) is 0 Å². The number of rotatable bonds is 3. The molecule has 0 aliphatic rings. The van der Waals surface area contributed by atoms with Gasteiger partial charge in [0.2, 0.25) is 0 Å². The van der Waals surface area contributed by atoms with Crippen LogP contribution in [0.2, 0.25) is 0 Å². The topological polar surface area (TPSA) is 50.9 Å². The number of aryl methyl sites for hydroxylation is 2. The third-order valence-corrected chi connectivity index (χ3v) is 2.92. The summed E-state index contributed by atoms with van der Waals surface area (Å²) in [7, 11) is 0. The van der Waals surface area contributed by atoms with E-state index in [1.165, 1.54) is 5.56 Å². The zero-order chi connectivity index (χ0) is 13.1. The van der Waals surface area contributed by atoms with Crippen LogP contribution < -0.4 is 11.1 Å². The van der Waals surface area contributed by atoms with Gasteiger partial charge >= 0.3 is 0 Å². The molecule has 92 valence electrons. The van der Waals surface area contributed by atoms with Crippen LogP contribution in [0.5, 0.6) is 0 Å². The van der Waals surface area contributed by atoms with E-state index >= 15 is 0 Å². The first-order valence-electron chi connectivity index (χ1n) is 5.67. The average Bonchev–Trinajstić information content (AvgIpc) is 2.32. The summed E-state index contributed by atoms with van der Waals surface area (Å²) in [5.74, 6) is 0.700. The van der Waals surface area contributed by atoms with E-state index in [9.17, 15) is 0 Å². The van der Waals surface area contributed by atoms with Crippen LogP contribution in [-0.2, 0) is 0 Å². The smallest absolute Gasteiger partial charge is 0.140 e. The summed E-state index contributed by atoms with van der Waals surface area (Å²) in [6.07, 6.45) is 1.74. The maximum Gasteiger partial charge on any atom is 0.140 e. The molecule has 18 heavy (non-hydrogen) atoms. The first-order chi connectivity index (χ1) is 8.58. The van der Waals surface area contributed by atoms with Gasteiger partial charge < -0.3 is 11.1 Å². The van der Waals surface area contributed by atoms with Gasteiger partial charge in [-0.15, -0.1) is 0 Å². The normalized spacial score (nSPS) is 10.1. The number of hydrogen-bond acceptors (Lipinski definition) is 3. The number of hydrogen-bond donors (Lipinski definition) is 2. The van der Waals surface area contributed by atoms with Gasteiger partial charge in [0.1, 0.15) is 10.8 Å². The maximum atomic E-state index is 5.74. The van der Waals surface area contributed by atoms with Gasteiger partial charge in [0.15, 0.2) is 0 Å². The number of aromatic nitrogens is 1. The van der Waals surface area contributed by atoms with Crippen molar-refractivity contribution in [2.24, 2.45) is 5.73 Å².